The number of carbonyl (C=O) groups excluding carboxylic acids is 2. The van der Waals surface area contributed by atoms with Crippen molar-refractivity contribution in [2.45, 2.75) is 32.4 Å². The van der Waals surface area contributed by atoms with Crippen molar-refractivity contribution in [1.29, 1.82) is 0 Å². The molecule has 0 bridgehead atoms. The van der Waals surface area contributed by atoms with Crippen molar-refractivity contribution in [3.63, 3.8) is 0 Å². The first kappa shape index (κ1) is 20.9. The van der Waals surface area contributed by atoms with E-state index in [1.54, 1.807) is 12.1 Å². The van der Waals surface area contributed by atoms with Crippen molar-refractivity contribution in [3.05, 3.63) is 65.2 Å². The van der Waals surface area contributed by atoms with Gasteiger partial charge in [0.1, 0.15) is 0 Å². The molecule has 0 radical (unpaired) electrons. The fourth-order valence-corrected chi connectivity index (χ4v) is 4.82. The summed E-state index contributed by atoms with van der Waals surface area (Å²) in [6.07, 6.45) is 1.68. The van der Waals surface area contributed by atoms with Gasteiger partial charge in [-0.2, -0.15) is 0 Å². The summed E-state index contributed by atoms with van der Waals surface area (Å²) in [5.74, 6) is -1.02. The van der Waals surface area contributed by atoms with Gasteiger partial charge in [0.2, 0.25) is 10.0 Å². The van der Waals surface area contributed by atoms with Crippen molar-refractivity contribution in [2.24, 2.45) is 0 Å². The van der Waals surface area contributed by atoms with Crippen LogP contribution in [0.4, 0.5) is 5.69 Å². The summed E-state index contributed by atoms with van der Waals surface area (Å²) in [7, 11) is -3.39. The second-order valence-electron chi connectivity index (χ2n) is 7.23. The molecule has 0 unspecified atom stereocenters. The molecule has 0 spiro atoms. The molecule has 3 rings (SSSR count). The fraction of sp³-hybridized carbons (Fsp3) is 0.333. The number of hydrogen-bond donors (Lipinski definition) is 1. The van der Waals surface area contributed by atoms with Crippen LogP contribution in [0.1, 0.15) is 41.4 Å². The van der Waals surface area contributed by atoms with E-state index in [2.05, 4.69) is 5.32 Å². The molecule has 2 aromatic carbocycles. The van der Waals surface area contributed by atoms with Gasteiger partial charge >= 0.3 is 5.97 Å². The number of hydrogen-bond acceptors (Lipinski definition) is 5. The third-order valence-corrected chi connectivity index (χ3v) is 6.11. The Morgan fingerprint density at radius 1 is 1.21 bits per heavy atom. The van der Waals surface area contributed by atoms with Gasteiger partial charge < -0.3 is 10.1 Å². The zero-order valence-corrected chi connectivity index (χ0v) is 17.4. The van der Waals surface area contributed by atoms with Crippen LogP contribution in [0.2, 0.25) is 0 Å². The number of anilines is 1. The van der Waals surface area contributed by atoms with Gasteiger partial charge in [-0.25, -0.2) is 13.2 Å². The summed E-state index contributed by atoms with van der Waals surface area (Å²) >= 11 is 0. The van der Waals surface area contributed by atoms with Gasteiger partial charge in [-0.15, -0.1) is 0 Å². The quantitative estimate of drug-likeness (QED) is 0.730. The van der Waals surface area contributed by atoms with E-state index in [1.807, 2.05) is 44.2 Å². The summed E-state index contributed by atoms with van der Waals surface area (Å²) in [5.41, 5.74) is 2.58. The number of benzene rings is 2. The van der Waals surface area contributed by atoms with Crippen LogP contribution < -0.4 is 9.62 Å². The fourth-order valence-electron chi connectivity index (χ4n) is 3.56. The molecule has 29 heavy (non-hydrogen) atoms. The lowest BCUT2D eigenvalue weighted by atomic mass is 10.1. The number of fused-ring (bicyclic) bond motifs is 1. The average Bonchev–Trinajstić information content (AvgIpc) is 3.01. The molecular formula is C21H24N2O5S. The minimum absolute atomic E-state index is 0.203. The lowest BCUT2D eigenvalue weighted by molar-refractivity contribution is -0.124. The van der Waals surface area contributed by atoms with Gasteiger partial charge in [-0.1, -0.05) is 30.3 Å². The summed E-state index contributed by atoms with van der Waals surface area (Å²) in [6, 6.07) is 13.8. The number of nitrogens with one attached hydrogen (secondary N) is 1. The Hall–Kier alpha value is -2.87. The van der Waals surface area contributed by atoms with Gasteiger partial charge in [0.15, 0.2) is 6.61 Å². The van der Waals surface area contributed by atoms with Crippen LogP contribution in [0.5, 0.6) is 0 Å². The molecule has 0 fully saturated rings. The number of sulfonamides is 1. The standard InChI is InChI=1S/C21H24N2O5S/c1-14-11-18-12-17(9-10-19(18)23(14)29(3,26)27)21(25)28-13-20(24)22-15(2)16-7-5-4-6-8-16/h4-10,12,14-15H,11,13H2,1-3H3,(H,22,24)/t14-,15+/m1/s1. The third kappa shape index (κ3) is 4.76. The number of nitrogens with zero attached hydrogens (tertiary/aromatic N) is 1. The molecule has 0 saturated carbocycles. The zero-order chi connectivity index (χ0) is 21.2. The van der Waals surface area contributed by atoms with Crippen molar-refractivity contribution in [2.75, 3.05) is 17.2 Å². The second kappa shape index (κ2) is 8.24. The number of esters is 1. The van der Waals surface area contributed by atoms with Crippen LogP contribution in [-0.4, -0.2) is 39.2 Å². The number of rotatable bonds is 6. The Balaban J connectivity index is 1.61. The molecule has 0 aromatic heterocycles. The van der Waals surface area contributed by atoms with E-state index in [0.29, 0.717) is 12.1 Å². The molecule has 1 heterocycles. The maximum Gasteiger partial charge on any atom is 0.338 e. The van der Waals surface area contributed by atoms with Crippen molar-refractivity contribution in [1.82, 2.24) is 5.32 Å². The Labute approximate surface area is 170 Å². The van der Waals surface area contributed by atoms with E-state index in [4.69, 9.17) is 4.74 Å². The highest BCUT2D eigenvalue weighted by Crippen LogP contribution is 2.34. The summed E-state index contributed by atoms with van der Waals surface area (Å²) < 4.78 is 30.4. The first-order chi connectivity index (χ1) is 13.7. The van der Waals surface area contributed by atoms with E-state index in [-0.39, 0.29) is 24.3 Å². The highest BCUT2D eigenvalue weighted by atomic mass is 32.2. The van der Waals surface area contributed by atoms with Crippen LogP contribution in [0.15, 0.2) is 48.5 Å². The molecule has 8 heteroatoms. The van der Waals surface area contributed by atoms with E-state index in [1.165, 1.54) is 10.4 Å². The lowest BCUT2D eigenvalue weighted by Gasteiger charge is -2.21. The lowest BCUT2D eigenvalue weighted by Crippen LogP contribution is -2.34. The smallest absolute Gasteiger partial charge is 0.338 e. The Morgan fingerprint density at radius 2 is 1.90 bits per heavy atom. The topological polar surface area (TPSA) is 92.8 Å². The molecule has 1 amide bonds. The Morgan fingerprint density at radius 3 is 2.55 bits per heavy atom. The molecule has 1 aliphatic rings. The minimum atomic E-state index is -3.39. The second-order valence-corrected chi connectivity index (χ2v) is 9.09. The molecule has 1 aliphatic heterocycles. The highest BCUT2D eigenvalue weighted by molar-refractivity contribution is 7.92. The van der Waals surface area contributed by atoms with E-state index < -0.39 is 21.9 Å². The third-order valence-electron chi connectivity index (χ3n) is 4.84. The summed E-state index contributed by atoms with van der Waals surface area (Å²) in [4.78, 5) is 24.4. The normalized spacial score (nSPS) is 16.8. The van der Waals surface area contributed by atoms with E-state index in [9.17, 15) is 18.0 Å². The number of ether oxygens (including phenoxy) is 1. The van der Waals surface area contributed by atoms with Crippen molar-refractivity contribution < 1.29 is 22.7 Å². The molecule has 2 aromatic rings. The van der Waals surface area contributed by atoms with Crippen molar-refractivity contribution >= 4 is 27.6 Å². The predicted octanol–water partition coefficient (Wildman–Crippen LogP) is 2.43. The highest BCUT2D eigenvalue weighted by Gasteiger charge is 2.33. The van der Waals surface area contributed by atoms with Gasteiger partial charge in [0.25, 0.3) is 5.91 Å². The van der Waals surface area contributed by atoms with Gasteiger partial charge in [0, 0.05) is 6.04 Å². The molecule has 7 nitrogen and oxygen atoms in total. The van der Waals surface area contributed by atoms with Crippen molar-refractivity contribution in [3.8, 4) is 0 Å². The van der Waals surface area contributed by atoms with Gasteiger partial charge in [-0.3, -0.25) is 9.10 Å². The van der Waals surface area contributed by atoms with Crippen LogP contribution >= 0.6 is 0 Å². The first-order valence-electron chi connectivity index (χ1n) is 9.30. The maximum absolute atomic E-state index is 12.3. The molecule has 0 saturated heterocycles. The molecule has 2 atom stereocenters. The Bertz CT molecular complexity index is 1020. The zero-order valence-electron chi connectivity index (χ0n) is 16.6. The monoisotopic (exact) mass is 416 g/mol. The molecular weight excluding hydrogens is 392 g/mol. The number of carbonyl (C=O) groups is 2. The van der Waals surface area contributed by atoms with E-state index in [0.717, 1.165) is 17.4 Å². The maximum atomic E-state index is 12.3. The predicted molar refractivity (Wildman–Crippen MR) is 110 cm³/mol. The van der Waals surface area contributed by atoms with Crippen LogP contribution in [-0.2, 0) is 26.0 Å². The first-order valence-corrected chi connectivity index (χ1v) is 11.2. The minimum Gasteiger partial charge on any atom is -0.452 e. The Kier molecular flexibility index (Phi) is 5.93. The van der Waals surface area contributed by atoms with Crippen LogP contribution in [0.25, 0.3) is 0 Å². The van der Waals surface area contributed by atoms with Gasteiger partial charge in [0.05, 0.1) is 23.5 Å². The number of amides is 1. The summed E-state index contributed by atoms with van der Waals surface area (Å²) in [6.45, 7) is 3.28. The van der Waals surface area contributed by atoms with Crippen LogP contribution in [0, 0.1) is 0 Å². The summed E-state index contributed by atoms with van der Waals surface area (Å²) in [5, 5.41) is 2.78. The average molecular weight is 416 g/mol. The van der Waals surface area contributed by atoms with E-state index >= 15 is 0 Å². The molecule has 1 N–H and O–H groups in total. The molecule has 154 valence electrons. The SMILES string of the molecule is C[C@H](NC(=O)COC(=O)c1ccc2c(c1)C[C@@H](C)N2S(C)(=O)=O)c1ccccc1. The van der Waals surface area contributed by atoms with Gasteiger partial charge in [-0.05, 0) is 49.6 Å². The largest absolute Gasteiger partial charge is 0.452 e. The van der Waals surface area contributed by atoms with Crippen LogP contribution in [0.3, 0.4) is 0 Å². The molecule has 0 aliphatic carbocycles.